The number of aromatic amines is 1. The smallest absolute Gasteiger partial charge is 0.191 e. The van der Waals surface area contributed by atoms with Gasteiger partial charge < -0.3 is 10.6 Å². The molecule has 1 aliphatic carbocycles. The zero-order valence-corrected chi connectivity index (χ0v) is 18.6. The molecule has 3 rings (SSSR count). The Hall–Kier alpha value is -0.830. The van der Waals surface area contributed by atoms with Crippen LogP contribution in [-0.4, -0.2) is 53.3 Å². The fourth-order valence-corrected chi connectivity index (χ4v) is 4.38. The maximum atomic E-state index is 4.42. The third-order valence-corrected chi connectivity index (χ3v) is 6.00. The van der Waals surface area contributed by atoms with E-state index in [1.54, 1.807) is 0 Å². The van der Waals surface area contributed by atoms with E-state index in [4.69, 9.17) is 0 Å². The van der Waals surface area contributed by atoms with Crippen LogP contribution in [0.4, 0.5) is 0 Å². The first-order valence-corrected chi connectivity index (χ1v) is 9.92. The summed E-state index contributed by atoms with van der Waals surface area (Å²) in [6.07, 6.45) is 12.7. The zero-order chi connectivity index (χ0) is 17.5. The van der Waals surface area contributed by atoms with Gasteiger partial charge in [-0.3, -0.25) is 15.0 Å². The number of piperidine rings is 1. The van der Waals surface area contributed by atoms with Gasteiger partial charge in [0.25, 0.3) is 0 Å². The van der Waals surface area contributed by atoms with Crippen LogP contribution in [0.15, 0.2) is 11.2 Å². The van der Waals surface area contributed by atoms with Crippen LogP contribution < -0.4 is 10.6 Å². The molecule has 2 fully saturated rings. The first-order chi connectivity index (χ1) is 12.2. The Morgan fingerprint density at radius 2 is 1.85 bits per heavy atom. The molecule has 0 radical (unpaired) electrons. The van der Waals surface area contributed by atoms with Crippen molar-refractivity contribution in [3.05, 3.63) is 17.5 Å². The molecule has 3 N–H and O–H groups in total. The molecule has 0 atom stereocenters. The van der Waals surface area contributed by atoms with Crippen molar-refractivity contribution in [1.29, 1.82) is 0 Å². The Morgan fingerprint density at radius 1 is 1.15 bits per heavy atom. The van der Waals surface area contributed by atoms with Gasteiger partial charge in [0, 0.05) is 36.9 Å². The molecule has 2 aliphatic rings. The lowest BCUT2D eigenvalue weighted by Gasteiger charge is -2.48. The van der Waals surface area contributed by atoms with E-state index in [1.807, 2.05) is 20.2 Å². The van der Waals surface area contributed by atoms with Crippen LogP contribution in [0.25, 0.3) is 0 Å². The predicted molar refractivity (Wildman–Crippen MR) is 118 cm³/mol. The fourth-order valence-electron chi connectivity index (χ4n) is 4.38. The van der Waals surface area contributed by atoms with Gasteiger partial charge in [0.2, 0.25) is 0 Å². The summed E-state index contributed by atoms with van der Waals surface area (Å²) in [4.78, 5) is 7.20. The van der Waals surface area contributed by atoms with E-state index in [2.05, 4.69) is 30.7 Å². The Balaban J connectivity index is 0.00000243. The summed E-state index contributed by atoms with van der Waals surface area (Å²) >= 11 is 0. The molecular formula is C19H35IN6. The van der Waals surface area contributed by atoms with Crippen molar-refractivity contribution in [3.63, 3.8) is 0 Å². The Bertz CT molecular complexity index is 558. The van der Waals surface area contributed by atoms with Gasteiger partial charge in [-0.1, -0.05) is 25.7 Å². The number of aliphatic imine (C=N–C) groups is 1. The minimum absolute atomic E-state index is 0. The van der Waals surface area contributed by atoms with Gasteiger partial charge >= 0.3 is 0 Å². The molecule has 0 aromatic carbocycles. The van der Waals surface area contributed by atoms with Crippen molar-refractivity contribution in [3.8, 4) is 0 Å². The molecule has 1 aliphatic heterocycles. The lowest BCUT2D eigenvalue weighted by molar-refractivity contribution is 0.0368. The summed E-state index contributed by atoms with van der Waals surface area (Å²) in [5, 5.41) is 14.1. The average Bonchev–Trinajstić information content (AvgIpc) is 3.08. The van der Waals surface area contributed by atoms with E-state index >= 15 is 0 Å². The first kappa shape index (κ1) is 21.5. The Morgan fingerprint density at radius 3 is 2.46 bits per heavy atom. The van der Waals surface area contributed by atoms with Crippen molar-refractivity contribution < 1.29 is 0 Å². The standard InChI is InChI=1S/C19H34N6.HI/c1-16-17(14-23-24-16)13-21-18(20-2)22-15-19(9-5-3-6-10-19)25-11-7-4-8-12-25;/h14H,3-13,15H2,1-2H3,(H,23,24)(H2,20,21,22);1H. The predicted octanol–water partition coefficient (Wildman–Crippen LogP) is 3.19. The molecule has 7 heteroatoms. The van der Waals surface area contributed by atoms with Gasteiger partial charge in [0.15, 0.2) is 5.96 Å². The monoisotopic (exact) mass is 474 g/mol. The fraction of sp³-hybridized carbons (Fsp3) is 0.789. The summed E-state index contributed by atoms with van der Waals surface area (Å²) in [7, 11) is 1.85. The van der Waals surface area contributed by atoms with E-state index < -0.39 is 0 Å². The molecule has 26 heavy (non-hydrogen) atoms. The second-order valence-corrected chi connectivity index (χ2v) is 7.63. The maximum absolute atomic E-state index is 4.42. The van der Waals surface area contributed by atoms with Gasteiger partial charge in [0.1, 0.15) is 0 Å². The van der Waals surface area contributed by atoms with E-state index in [9.17, 15) is 0 Å². The Kier molecular flexibility index (Phi) is 8.66. The number of nitrogens with one attached hydrogen (secondary N) is 3. The summed E-state index contributed by atoms with van der Waals surface area (Å²) in [5.41, 5.74) is 2.62. The maximum Gasteiger partial charge on any atom is 0.191 e. The lowest BCUT2D eigenvalue weighted by atomic mass is 9.79. The van der Waals surface area contributed by atoms with Crippen molar-refractivity contribution in [2.24, 2.45) is 4.99 Å². The van der Waals surface area contributed by atoms with Crippen LogP contribution in [0, 0.1) is 6.92 Å². The molecule has 1 aromatic rings. The normalized spacial score (nSPS) is 21.1. The summed E-state index contributed by atoms with van der Waals surface area (Å²) in [6, 6.07) is 0. The number of hydrogen-bond donors (Lipinski definition) is 3. The largest absolute Gasteiger partial charge is 0.355 e. The molecule has 0 spiro atoms. The van der Waals surface area contributed by atoms with Crippen molar-refractivity contribution in [2.45, 2.75) is 70.4 Å². The molecule has 6 nitrogen and oxygen atoms in total. The zero-order valence-electron chi connectivity index (χ0n) is 16.3. The average molecular weight is 474 g/mol. The van der Waals surface area contributed by atoms with E-state index in [0.717, 1.165) is 24.7 Å². The number of rotatable bonds is 5. The molecule has 0 amide bonds. The van der Waals surface area contributed by atoms with E-state index in [1.165, 1.54) is 70.0 Å². The van der Waals surface area contributed by atoms with Crippen LogP contribution in [0.3, 0.4) is 0 Å². The van der Waals surface area contributed by atoms with Crippen LogP contribution in [0.5, 0.6) is 0 Å². The third-order valence-electron chi connectivity index (χ3n) is 6.00. The number of nitrogens with zero attached hydrogens (tertiary/aromatic N) is 3. The number of aryl methyl sites for hydroxylation is 1. The highest BCUT2D eigenvalue weighted by Gasteiger charge is 2.38. The number of H-pyrrole nitrogens is 1. The molecule has 2 heterocycles. The molecule has 1 saturated heterocycles. The van der Waals surface area contributed by atoms with Gasteiger partial charge in [-0.25, -0.2) is 0 Å². The van der Waals surface area contributed by atoms with Crippen LogP contribution in [0.2, 0.25) is 0 Å². The quantitative estimate of drug-likeness (QED) is 0.349. The molecular weight excluding hydrogens is 439 g/mol. The Labute approximate surface area is 175 Å². The number of likely N-dealkylation sites (tertiary alicyclic amines) is 1. The molecule has 1 saturated carbocycles. The van der Waals surface area contributed by atoms with Crippen LogP contribution in [0.1, 0.15) is 62.6 Å². The van der Waals surface area contributed by atoms with Crippen LogP contribution >= 0.6 is 24.0 Å². The second kappa shape index (κ2) is 10.5. The highest BCUT2D eigenvalue weighted by Crippen LogP contribution is 2.35. The lowest BCUT2D eigenvalue weighted by Crippen LogP contribution is -2.59. The van der Waals surface area contributed by atoms with Gasteiger partial charge in [-0.05, 0) is 45.7 Å². The highest BCUT2D eigenvalue weighted by atomic mass is 127. The second-order valence-electron chi connectivity index (χ2n) is 7.63. The number of halogens is 1. The molecule has 0 unspecified atom stereocenters. The van der Waals surface area contributed by atoms with Crippen molar-refractivity contribution in [1.82, 2.24) is 25.7 Å². The van der Waals surface area contributed by atoms with E-state index in [0.29, 0.717) is 5.54 Å². The summed E-state index contributed by atoms with van der Waals surface area (Å²) in [6.45, 7) is 6.33. The highest BCUT2D eigenvalue weighted by molar-refractivity contribution is 14.0. The van der Waals surface area contributed by atoms with E-state index in [-0.39, 0.29) is 24.0 Å². The van der Waals surface area contributed by atoms with Crippen molar-refractivity contribution in [2.75, 3.05) is 26.7 Å². The van der Waals surface area contributed by atoms with Crippen molar-refractivity contribution >= 4 is 29.9 Å². The van der Waals surface area contributed by atoms with Gasteiger partial charge in [-0.15, -0.1) is 24.0 Å². The van der Waals surface area contributed by atoms with Crippen LogP contribution in [-0.2, 0) is 6.54 Å². The van der Waals surface area contributed by atoms with Gasteiger partial charge in [0.05, 0.1) is 6.20 Å². The number of aromatic nitrogens is 2. The minimum Gasteiger partial charge on any atom is -0.355 e. The topological polar surface area (TPSA) is 68.3 Å². The SMILES string of the molecule is CN=C(NCc1cn[nH]c1C)NCC1(N2CCCCC2)CCCCC1.I. The molecule has 1 aromatic heterocycles. The third kappa shape index (κ3) is 5.34. The molecule has 148 valence electrons. The molecule has 0 bridgehead atoms. The number of guanidine groups is 1. The number of hydrogen-bond acceptors (Lipinski definition) is 3. The van der Waals surface area contributed by atoms with Gasteiger partial charge in [-0.2, -0.15) is 5.10 Å². The minimum atomic E-state index is 0. The first-order valence-electron chi connectivity index (χ1n) is 9.92. The summed E-state index contributed by atoms with van der Waals surface area (Å²) < 4.78 is 0. The summed E-state index contributed by atoms with van der Waals surface area (Å²) in [5.74, 6) is 0.891.